The Labute approximate surface area is 172 Å². The van der Waals surface area contributed by atoms with E-state index in [0.717, 1.165) is 11.3 Å². The molecule has 0 saturated carbocycles. The Kier molecular flexibility index (Phi) is 5.16. The fourth-order valence-electron chi connectivity index (χ4n) is 3.49. The van der Waals surface area contributed by atoms with E-state index in [0.29, 0.717) is 28.4 Å². The molecule has 29 heavy (non-hydrogen) atoms. The molecule has 0 bridgehead atoms. The number of fused-ring (bicyclic) bond motifs is 1. The summed E-state index contributed by atoms with van der Waals surface area (Å²) >= 11 is 6.21. The molecule has 6 heteroatoms. The topological polar surface area (TPSA) is 32.7 Å². The molecule has 0 aromatic heterocycles. The maximum Gasteiger partial charge on any atom is 0.258 e. The minimum Gasteiger partial charge on any atom is -0.305 e. The van der Waals surface area contributed by atoms with E-state index in [2.05, 4.69) is 4.99 Å². The van der Waals surface area contributed by atoms with Gasteiger partial charge in [-0.15, -0.1) is 0 Å². The van der Waals surface area contributed by atoms with Crippen molar-refractivity contribution in [1.82, 2.24) is 0 Å². The Morgan fingerprint density at radius 1 is 1.00 bits per heavy atom. The summed E-state index contributed by atoms with van der Waals surface area (Å²) in [5.41, 5.74) is 3.22. The van der Waals surface area contributed by atoms with Gasteiger partial charge in [0.2, 0.25) is 0 Å². The quantitative estimate of drug-likeness (QED) is 0.496. The highest BCUT2D eigenvalue weighted by atomic mass is 35.5. The van der Waals surface area contributed by atoms with Crippen LogP contribution in [0.4, 0.5) is 20.2 Å². The Bertz CT molecular complexity index is 1090. The number of anilines is 1. The molecule has 1 heterocycles. The monoisotopic (exact) mass is 410 g/mol. The average Bonchev–Trinajstić information content (AvgIpc) is 2.70. The van der Waals surface area contributed by atoms with E-state index in [-0.39, 0.29) is 17.8 Å². The molecular weight excluding hydrogens is 394 g/mol. The highest BCUT2D eigenvalue weighted by Gasteiger charge is 2.32. The van der Waals surface area contributed by atoms with Crippen molar-refractivity contribution in [3.8, 4) is 0 Å². The molecule has 1 unspecified atom stereocenters. The van der Waals surface area contributed by atoms with Crippen LogP contribution in [0.25, 0.3) is 0 Å². The fourth-order valence-corrected chi connectivity index (χ4v) is 3.66. The number of carbonyl (C=O) groups excluding carboxylic acids is 1. The second-order valence-electron chi connectivity index (χ2n) is 6.93. The van der Waals surface area contributed by atoms with Crippen LogP contribution in [0.15, 0.2) is 71.7 Å². The van der Waals surface area contributed by atoms with E-state index >= 15 is 0 Å². The first-order valence-electron chi connectivity index (χ1n) is 9.14. The highest BCUT2D eigenvalue weighted by Crippen LogP contribution is 2.35. The molecule has 0 N–H and O–H groups in total. The summed E-state index contributed by atoms with van der Waals surface area (Å²) < 4.78 is 26.5. The van der Waals surface area contributed by atoms with Gasteiger partial charge in [-0.3, -0.25) is 9.79 Å². The summed E-state index contributed by atoms with van der Waals surface area (Å²) in [6, 6.07) is 16.5. The number of nitrogens with zero attached hydrogens (tertiary/aromatic N) is 2. The van der Waals surface area contributed by atoms with E-state index in [1.165, 1.54) is 36.4 Å². The van der Waals surface area contributed by atoms with Crippen molar-refractivity contribution in [3.05, 3.63) is 94.5 Å². The Morgan fingerprint density at radius 3 is 2.28 bits per heavy atom. The van der Waals surface area contributed by atoms with Crippen molar-refractivity contribution in [2.75, 3.05) is 4.90 Å². The molecule has 1 amide bonds. The molecule has 1 aliphatic heterocycles. The lowest BCUT2D eigenvalue weighted by atomic mass is 9.93. The number of halogens is 3. The normalized spacial score (nSPS) is 17.3. The standard InChI is InChI=1S/C23H17ClF2N2O/c1-14-12-21(27-19-9-7-18(26)8-10-19)20-13-16(24)4-11-22(20)28(14)23(29)15-2-5-17(25)6-3-15/h2-11,13-14H,12H2,1H3. The first-order valence-corrected chi connectivity index (χ1v) is 9.52. The van der Waals surface area contributed by atoms with E-state index < -0.39 is 5.82 Å². The van der Waals surface area contributed by atoms with Gasteiger partial charge in [-0.2, -0.15) is 0 Å². The third-order valence-electron chi connectivity index (χ3n) is 4.86. The lowest BCUT2D eigenvalue weighted by molar-refractivity contribution is 0.0978. The zero-order valence-electron chi connectivity index (χ0n) is 15.6. The Balaban J connectivity index is 1.78. The van der Waals surface area contributed by atoms with Gasteiger partial charge in [0.05, 0.1) is 17.1 Å². The van der Waals surface area contributed by atoms with E-state index in [1.54, 1.807) is 35.2 Å². The minimum absolute atomic E-state index is 0.180. The number of amides is 1. The van der Waals surface area contributed by atoms with Gasteiger partial charge in [-0.1, -0.05) is 11.6 Å². The van der Waals surface area contributed by atoms with Gasteiger partial charge in [0.25, 0.3) is 5.91 Å². The Hall–Kier alpha value is -3.05. The predicted molar refractivity (Wildman–Crippen MR) is 111 cm³/mol. The molecular formula is C23H17ClF2N2O. The molecule has 146 valence electrons. The van der Waals surface area contributed by atoms with Crippen molar-refractivity contribution in [2.45, 2.75) is 19.4 Å². The van der Waals surface area contributed by atoms with Crippen molar-refractivity contribution < 1.29 is 13.6 Å². The number of hydrogen-bond donors (Lipinski definition) is 0. The van der Waals surface area contributed by atoms with Crippen molar-refractivity contribution in [3.63, 3.8) is 0 Å². The van der Waals surface area contributed by atoms with Gasteiger partial charge in [0.1, 0.15) is 11.6 Å². The lowest BCUT2D eigenvalue weighted by Crippen LogP contribution is -2.44. The van der Waals surface area contributed by atoms with Crippen LogP contribution in [0.1, 0.15) is 29.3 Å². The molecule has 0 radical (unpaired) electrons. The molecule has 0 saturated heterocycles. The maximum atomic E-state index is 13.3. The van der Waals surface area contributed by atoms with Crippen LogP contribution in [0.2, 0.25) is 5.02 Å². The van der Waals surface area contributed by atoms with Crippen LogP contribution < -0.4 is 4.90 Å². The smallest absolute Gasteiger partial charge is 0.258 e. The lowest BCUT2D eigenvalue weighted by Gasteiger charge is -2.36. The number of aliphatic imine (C=N–C) groups is 1. The van der Waals surface area contributed by atoms with Gasteiger partial charge >= 0.3 is 0 Å². The largest absolute Gasteiger partial charge is 0.305 e. The third-order valence-corrected chi connectivity index (χ3v) is 5.09. The maximum absolute atomic E-state index is 13.3. The second kappa shape index (κ2) is 7.76. The van der Waals surface area contributed by atoms with Crippen LogP contribution >= 0.6 is 11.6 Å². The van der Waals surface area contributed by atoms with Gasteiger partial charge < -0.3 is 4.90 Å². The Morgan fingerprint density at radius 2 is 1.62 bits per heavy atom. The van der Waals surface area contributed by atoms with Crippen molar-refractivity contribution in [2.24, 2.45) is 4.99 Å². The molecule has 0 aliphatic carbocycles. The van der Waals surface area contributed by atoms with E-state index in [9.17, 15) is 13.6 Å². The van der Waals surface area contributed by atoms with Crippen LogP contribution in [-0.2, 0) is 0 Å². The van der Waals surface area contributed by atoms with Gasteiger partial charge in [-0.05, 0) is 73.7 Å². The summed E-state index contributed by atoms with van der Waals surface area (Å²) in [7, 11) is 0. The van der Waals surface area contributed by atoms with Crippen LogP contribution in [0.5, 0.6) is 0 Å². The van der Waals surface area contributed by atoms with Gasteiger partial charge in [0.15, 0.2) is 0 Å². The number of rotatable bonds is 2. The molecule has 4 rings (SSSR count). The summed E-state index contributed by atoms with van der Waals surface area (Å²) in [6.45, 7) is 1.93. The average molecular weight is 411 g/mol. The third kappa shape index (κ3) is 3.91. The molecule has 1 aliphatic rings. The number of benzene rings is 3. The first kappa shape index (κ1) is 19.3. The van der Waals surface area contributed by atoms with Crippen LogP contribution in [-0.4, -0.2) is 17.7 Å². The van der Waals surface area contributed by atoms with Crippen molar-refractivity contribution in [1.29, 1.82) is 0 Å². The summed E-state index contributed by atoms with van der Waals surface area (Å²) in [6.07, 6.45) is 0.498. The molecule has 3 aromatic carbocycles. The van der Waals surface area contributed by atoms with Gasteiger partial charge in [-0.25, -0.2) is 8.78 Å². The SMILES string of the molecule is CC1CC(=Nc2ccc(F)cc2)c2cc(Cl)ccc2N1C(=O)c1ccc(F)cc1. The molecule has 3 aromatic rings. The summed E-state index contributed by atoms with van der Waals surface area (Å²) in [5, 5.41) is 0.527. The summed E-state index contributed by atoms with van der Waals surface area (Å²) in [4.78, 5) is 19.5. The zero-order chi connectivity index (χ0) is 20.5. The van der Waals surface area contributed by atoms with Crippen molar-refractivity contribution >= 4 is 34.6 Å². The number of hydrogen-bond acceptors (Lipinski definition) is 2. The second-order valence-corrected chi connectivity index (χ2v) is 7.37. The zero-order valence-corrected chi connectivity index (χ0v) is 16.3. The van der Waals surface area contributed by atoms with E-state index in [1.807, 2.05) is 6.92 Å². The van der Waals surface area contributed by atoms with Gasteiger partial charge in [0, 0.05) is 28.6 Å². The first-order chi connectivity index (χ1) is 13.9. The molecule has 0 spiro atoms. The number of carbonyl (C=O) groups is 1. The van der Waals surface area contributed by atoms with Crippen LogP contribution in [0, 0.1) is 11.6 Å². The predicted octanol–water partition coefficient (Wildman–Crippen LogP) is 6.18. The molecule has 1 atom stereocenters. The minimum atomic E-state index is -0.394. The highest BCUT2D eigenvalue weighted by molar-refractivity contribution is 6.31. The van der Waals surface area contributed by atoms with Crippen LogP contribution in [0.3, 0.4) is 0 Å². The summed E-state index contributed by atoms with van der Waals surface area (Å²) in [5.74, 6) is -0.943. The molecule has 0 fully saturated rings. The van der Waals surface area contributed by atoms with E-state index in [4.69, 9.17) is 11.6 Å². The fraction of sp³-hybridized carbons (Fsp3) is 0.130. The molecule has 3 nitrogen and oxygen atoms in total.